The van der Waals surface area contributed by atoms with E-state index in [9.17, 15) is 24.8 Å². The number of nitrogens with one attached hydrogen (secondary N) is 1. The maximum absolute atomic E-state index is 11.6. The Labute approximate surface area is 136 Å². The number of alkyl carbamates (subject to hydrolysis) is 1. The fourth-order valence-electron chi connectivity index (χ4n) is 1.54. The lowest BCUT2D eigenvalue weighted by Crippen LogP contribution is -2.31. The van der Waals surface area contributed by atoms with E-state index in [2.05, 4.69) is 4.74 Å². The Morgan fingerprint density at radius 3 is 2.75 bits per heavy atom. The van der Waals surface area contributed by atoms with Crippen LogP contribution >= 0.6 is 0 Å². The molecule has 124 valence electrons. The standard InChI is InChI=1S/C15H13N3O6/c1-2-24-15(21)17-14(20)11(9-16)5-3-4-10-6-7-12(18(22)23)13(19)8-10/h3-8,19H,2H2,1H3,(H,17,20,21)/b4-3+,11-5+. The number of rotatable bonds is 5. The van der Waals surface area contributed by atoms with Gasteiger partial charge in [-0.25, -0.2) is 4.79 Å². The largest absolute Gasteiger partial charge is 0.502 e. The highest BCUT2D eigenvalue weighted by molar-refractivity contribution is 6.05. The molecule has 0 spiro atoms. The summed E-state index contributed by atoms with van der Waals surface area (Å²) in [6.45, 7) is 1.64. The van der Waals surface area contributed by atoms with Gasteiger partial charge in [0, 0.05) is 6.07 Å². The molecule has 0 aliphatic carbocycles. The lowest BCUT2D eigenvalue weighted by Gasteiger charge is -2.02. The first-order valence-corrected chi connectivity index (χ1v) is 6.63. The summed E-state index contributed by atoms with van der Waals surface area (Å²) < 4.78 is 4.52. The van der Waals surface area contributed by atoms with Crippen molar-refractivity contribution in [2.45, 2.75) is 6.92 Å². The molecule has 2 amide bonds. The Hall–Kier alpha value is -3.67. The predicted molar refractivity (Wildman–Crippen MR) is 82.7 cm³/mol. The van der Waals surface area contributed by atoms with Crippen molar-refractivity contribution in [3.8, 4) is 11.8 Å². The number of allylic oxidation sites excluding steroid dienone is 2. The normalized spacial score (nSPS) is 10.9. The minimum Gasteiger partial charge on any atom is -0.502 e. The first-order chi connectivity index (χ1) is 11.4. The quantitative estimate of drug-likeness (QED) is 0.276. The molecule has 0 atom stereocenters. The van der Waals surface area contributed by atoms with Gasteiger partial charge in [0.05, 0.1) is 11.5 Å². The third-order valence-corrected chi connectivity index (χ3v) is 2.60. The highest BCUT2D eigenvalue weighted by atomic mass is 16.6. The minimum absolute atomic E-state index is 0.0776. The number of hydrogen-bond acceptors (Lipinski definition) is 7. The van der Waals surface area contributed by atoms with Crippen LogP contribution in [0.15, 0.2) is 35.9 Å². The molecule has 9 nitrogen and oxygen atoms in total. The zero-order chi connectivity index (χ0) is 18.1. The van der Waals surface area contributed by atoms with E-state index < -0.39 is 28.4 Å². The summed E-state index contributed by atoms with van der Waals surface area (Å²) >= 11 is 0. The summed E-state index contributed by atoms with van der Waals surface area (Å²) in [6, 6.07) is 5.29. The summed E-state index contributed by atoms with van der Waals surface area (Å²) in [6.07, 6.45) is 2.92. The van der Waals surface area contributed by atoms with Crippen LogP contribution in [0.5, 0.6) is 5.75 Å². The van der Waals surface area contributed by atoms with E-state index in [-0.39, 0.29) is 12.2 Å². The number of nitrogens with zero attached hydrogens (tertiary/aromatic N) is 2. The highest BCUT2D eigenvalue weighted by Crippen LogP contribution is 2.26. The Kier molecular flexibility index (Phi) is 6.66. The molecular weight excluding hydrogens is 318 g/mol. The molecule has 1 aromatic carbocycles. The second kappa shape index (κ2) is 8.70. The molecule has 9 heteroatoms. The Morgan fingerprint density at radius 2 is 2.21 bits per heavy atom. The number of carbonyl (C=O) groups excluding carboxylic acids is 2. The number of carbonyl (C=O) groups is 2. The van der Waals surface area contributed by atoms with Gasteiger partial charge in [-0.15, -0.1) is 0 Å². The van der Waals surface area contributed by atoms with E-state index in [1.807, 2.05) is 5.32 Å². The Morgan fingerprint density at radius 1 is 1.50 bits per heavy atom. The molecule has 2 N–H and O–H groups in total. The zero-order valence-electron chi connectivity index (χ0n) is 12.6. The molecule has 1 rings (SSSR count). The van der Waals surface area contributed by atoms with Crippen LogP contribution in [0.3, 0.4) is 0 Å². The maximum Gasteiger partial charge on any atom is 0.414 e. The number of phenols is 1. The average Bonchev–Trinajstić information content (AvgIpc) is 2.51. The van der Waals surface area contributed by atoms with Crippen LogP contribution in [0, 0.1) is 21.4 Å². The number of aromatic hydroxyl groups is 1. The van der Waals surface area contributed by atoms with Gasteiger partial charge in [0.1, 0.15) is 11.6 Å². The first kappa shape index (κ1) is 18.4. The van der Waals surface area contributed by atoms with Crippen molar-refractivity contribution in [1.82, 2.24) is 5.32 Å². The van der Waals surface area contributed by atoms with Crippen molar-refractivity contribution in [2.75, 3.05) is 6.61 Å². The van der Waals surface area contributed by atoms with Gasteiger partial charge in [0.2, 0.25) is 0 Å². The number of phenolic OH excluding ortho intramolecular Hbond substituents is 1. The SMILES string of the molecule is CCOC(=O)NC(=O)/C(C#N)=C/C=C/c1ccc([N+](=O)[O-])c(O)c1. The Balaban J connectivity index is 2.85. The number of benzene rings is 1. The summed E-state index contributed by atoms with van der Waals surface area (Å²) in [5, 5.41) is 30.8. The van der Waals surface area contributed by atoms with Gasteiger partial charge in [-0.05, 0) is 30.7 Å². The highest BCUT2D eigenvalue weighted by Gasteiger charge is 2.13. The van der Waals surface area contributed by atoms with Gasteiger partial charge in [-0.1, -0.05) is 12.2 Å². The van der Waals surface area contributed by atoms with Crippen LogP contribution in [0.4, 0.5) is 10.5 Å². The van der Waals surface area contributed by atoms with E-state index in [0.717, 1.165) is 18.2 Å². The smallest absolute Gasteiger partial charge is 0.414 e. The van der Waals surface area contributed by atoms with Crippen LogP contribution in [0.2, 0.25) is 0 Å². The summed E-state index contributed by atoms with van der Waals surface area (Å²) in [7, 11) is 0. The van der Waals surface area contributed by atoms with Crippen LogP contribution < -0.4 is 5.32 Å². The summed E-state index contributed by atoms with van der Waals surface area (Å²) in [5.74, 6) is -1.43. The number of ether oxygens (including phenoxy) is 1. The Bertz CT molecular complexity index is 761. The van der Waals surface area contributed by atoms with E-state index in [4.69, 9.17) is 5.26 Å². The fourth-order valence-corrected chi connectivity index (χ4v) is 1.54. The number of amides is 2. The molecular formula is C15H13N3O6. The second-order valence-corrected chi connectivity index (χ2v) is 4.23. The molecule has 0 unspecified atom stereocenters. The molecule has 0 fully saturated rings. The van der Waals surface area contributed by atoms with Crippen molar-refractivity contribution >= 4 is 23.8 Å². The van der Waals surface area contributed by atoms with Gasteiger partial charge in [-0.3, -0.25) is 20.2 Å². The van der Waals surface area contributed by atoms with E-state index >= 15 is 0 Å². The summed E-state index contributed by atoms with van der Waals surface area (Å²) in [5.41, 5.74) is -0.364. The number of nitriles is 1. The lowest BCUT2D eigenvalue weighted by atomic mass is 10.1. The first-order valence-electron chi connectivity index (χ1n) is 6.63. The van der Waals surface area contributed by atoms with Crippen molar-refractivity contribution in [3.05, 3.63) is 51.6 Å². The number of nitro groups is 1. The summed E-state index contributed by atoms with van der Waals surface area (Å²) in [4.78, 5) is 32.6. The fraction of sp³-hybridized carbons (Fsp3) is 0.133. The number of hydrogen-bond donors (Lipinski definition) is 2. The van der Waals surface area contributed by atoms with Crippen molar-refractivity contribution in [1.29, 1.82) is 5.26 Å². The van der Waals surface area contributed by atoms with Gasteiger partial charge >= 0.3 is 11.8 Å². The molecule has 1 aromatic rings. The van der Waals surface area contributed by atoms with E-state index in [0.29, 0.717) is 5.56 Å². The second-order valence-electron chi connectivity index (χ2n) is 4.23. The third-order valence-electron chi connectivity index (χ3n) is 2.60. The molecule has 24 heavy (non-hydrogen) atoms. The van der Waals surface area contributed by atoms with E-state index in [1.54, 1.807) is 13.0 Å². The minimum atomic E-state index is -0.965. The number of imide groups is 1. The number of nitro benzene ring substituents is 1. The zero-order valence-corrected chi connectivity index (χ0v) is 12.6. The molecule has 0 saturated carbocycles. The molecule has 0 aliphatic rings. The average molecular weight is 331 g/mol. The van der Waals surface area contributed by atoms with Crippen LogP contribution in [-0.4, -0.2) is 28.6 Å². The molecule has 0 radical (unpaired) electrons. The molecule has 0 heterocycles. The van der Waals surface area contributed by atoms with E-state index in [1.165, 1.54) is 18.2 Å². The monoisotopic (exact) mass is 331 g/mol. The lowest BCUT2D eigenvalue weighted by molar-refractivity contribution is -0.385. The molecule has 0 aromatic heterocycles. The van der Waals surface area contributed by atoms with Gasteiger partial charge in [0.25, 0.3) is 5.91 Å². The third kappa shape index (κ3) is 5.27. The van der Waals surface area contributed by atoms with Crippen molar-refractivity contribution in [2.24, 2.45) is 0 Å². The van der Waals surface area contributed by atoms with Crippen molar-refractivity contribution < 1.29 is 24.4 Å². The van der Waals surface area contributed by atoms with Crippen LogP contribution in [-0.2, 0) is 9.53 Å². The predicted octanol–water partition coefficient (Wildman–Crippen LogP) is 2.04. The molecule has 0 aliphatic heterocycles. The van der Waals surface area contributed by atoms with Crippen molar-refractivity contribution in [3.63, 3.8) is 0 Å². The topological polar surface area (TPSA) is 143 Å². The van der Waals surface area contributed by atoms with Gasteiger partial charge < -0.3 is 9.84 Å². The van der Waals surface area contributed by atoms with Crippen LogP contribution in [0.1, 0.15) is 12.5 Å². The van der Waals surface area contributed by atoms with Crippen LogP contribution in [0.25, 0.3) is 6.08 Å². The van der Waals surface area contributed by atoms with Gasteiger partial charge in [-0.2, -0.15) is 5.26 Å². The molecule has 0 saturated heterocycles. The maximum atomic E-state index is 11.6. The molecule has 0 bridgehead atoms. The van der Waals surface area contributed by atoms with Gasteiger partial charge in [0.15, 0.2) is 5.75 Å².